The maximum absolute atomic E-state index is 12.0. The van der Waals surface area contributed by atoms with Crippen molar-refractivity contribution in [3.8, 4) is 0 Å². The van der Waals surface area contributed by atoms with Gasteiger partial charge in [-0.15, -0.1) is 0 Å². The van der Waals surface area contributed by atoms with Crippen molar-refractivity contribution < 1.29 is 4.79 Å². The van der Waals surface area contributed by atoms with Crippen LogP contribution in [0.5, 0.6) is 0 Å². The van der Waals surface area contributed by atoms with Crippen LogP contribution in [-0.4, -0.2) is 5.78 Å². The number of carbonyl (C=O) groups is 1. The maximum Gasteiger partial charge on any atom is 0.155 e. The van der Waals surface area contributed by atoms with Crippen LogP contribution in [0.1, 0.15) is 92.4 Å². The molecule has 1 nitrogen and oxygen atoms in total. The molecule has 0 saturated heterocycles. The highest BCUT2D eigenvalue weighted by molar-refractivity contribution is 5.91. The molecule has 29 heavy (non-hydrogen) atoms. The van der Waals surface area contributed by atoms with Crippen LogP contribution in [0.25, 0.3) is 0 Å². The number of allylic oxidation sites excluding steroid dienone is 3. The van der Waals surface area contributed by atoms with Crippen LogP contribution < -0.4 is 0 Å². The Kier molecular flexibility index (Phi) is 5.67. The Labute approximate surface area is 179 Å². The number of hydrogen-bond acceptors (Lipinski definition) is 1. The van der Waals surface area contributed by atoms with Gasteiger partial charge in [-0.25, -0.2) is 0 Å². The zero-order valence-corrected chi connectivity index (χ0v) is 19.7. The number of carbonyl (C=O) groups excluding carboxylic acids is 1. The predicted molar refractivity (Wildman–Crippen MR) is 123 cm³/mol. The minimum Gasteiger partial charge on any atom is -0.295 e. The predicted octanol–water partition coefficient (Wildman–Crippen LogP) is 7.62. The first-order valence-electron chi connectivity index (χ1n) is 12.6. The second-order valence-electron chi connectivity index (χ2n) is 12.1. The van der Waals surface area contributed by atoms with Crippen LogP contribution in [0.4, 0.5) is 0 Å². The van der Waals surface area contributed by atoms with Crippen LogP contribution in [0, 0.1) is 52.3 Å². The van der Waals surface area contributed by atoms with Gasteiger partial charge in [-0.05, 0) is 110 Å². The zero-order valence-electron chi connectivity index (χ0n) is 19.7. The molecule has 5 unspecified atom stereocenters. The molecule has 8 atom stereocenters. The van der Waals surface area contributed by atoms with E-state index in [1.807, 2.05) is 6.08 Å². The lowest BCUT2D eigenvalue weighted by Gasteiger charge is -2.59. The summed E-state index contributed by atoms with van der Waals surface area (Å²) in [7, 11) is 0. The van der Waals surface area contributed by atoms with Gasteiger partial charge in [0.25, 0.3) is 0 Å². The summed E-state index contributed by atoms with van der Waals surface area (Å²) in [5, 5.41) is 0. The first-order valence-corrected chi connectivity index (χ1v) is 12.6. The smallest absolute Gasteiger partial charge is 0.155 e. The third-order valence-electron chi connectivity index (χ3n) is 10.5. The first kappa shape index (κ1) is 21.4. The first-order chi connectivity index (χ1) is 13.7. The quantitative estimate of drug-likeness (QED) is 0.437. The van der Waals surface area contributed by atoms with E-state index in [0.29, 0.717) is 23.0 Å². The highest BCUT2D eigenvalue weighted by atomic mass is 16.1. The van der Waals surface area contributed by atoms with Gasteiger partial charge in [0.15, 0.2) is 5.78 Å². The summed E-state index contributed by atoms with van der Waals surface area (Å²) < 4.78 is 0. The van der Waals surface area contributed by atoms with Crippen LogP contribution in [0.2, 0.25) is 0 Å². The number of hydrogen-bond donors (Lipinski definition) is 0. The highest BCUT2D eigenvalue weighted by Crippen LogP contribution is 2.67. The molecule has 162 valence electrons. The molecule has 1 heteroatoms. The van der Waals surface area contributed by atoms with E-state index in [1.54, 1.807) is 0 Å². The van der Waals surface area contributed by atoms with Crippen LogP contribution in [-0.2, 0) is 4.79 Å². The number of fused-ring (bicyclic) bond motifs is 5. The SMILES string of the molecule is C=C(CCC(C)C1CCC2[C@@H]3CCC4CC(=O)C=C[C@]4(C)C3CC[C@]12C)C(C)C. The molecule has 0 amide bonds. The summed E-state index contributed by atoms with van der Waals surface area (Å²) in [6.45, 7) is 16.6. The van der Waals surface area contributed by atoms with E-state index < -0.39 is 0 Å². The van der Waals surface area contributed by atoms with Crippen molar-refractivity contribution >= 4 is 5.78 Å². The molecule has 4 aliphatic carbocycles. The van der Waals surface area contributed by atoms with E-state index in [9.17, 15) is 4.79 Å². The van der Waals surface area contributed by atoms with Crippen molar-refractivity contribution in [2.45, 2.75) is 92.4 Å². The van der Waals surface area contributed by atoms with Crippen LogP contribution in [0.15, 0.2) is 24.3 Å². The molecule has 0 radical (unpaired) electrons. The molecule has 3 saturated carbocycles. The van der Waals surface area contributed by atoms with Crippen molar-refractivity contribution in [2.24, 2.45) is 52.3 Å². The third-order valence-corrected chi connectivity index (χ3v) is 10.5. The number of ketones is 1. The minimum atomic E-state index is 0.275. The van der Waals surface area contributed by atoms with E-state index in [4.69, 9.17) is 0 Å². The van der Waals surface area contributed by atoms with Gasteiger partial charge < -0.3 is 0 Å². The Bertz CT molecular complexity index is 686. The summed E-state index contributed by atoms with van der Waals surface area (Å²) in [4.78, 5) is 12.0. The van der Waals surface area contributed by atoms with E-state index >= 15 is 0 Å². The fraction of sp³-hybridized carbons (Fsp3) is 0.821. The summed E-state index contributed by atoms with van der Waals surface area (Å²) >= 11 is 0. The van der Waals surface area contributed by atoms with Crippen molar-refractivity contribution in [2.75, 3.05) is 0 Å². The normalized spacial score (nSPS) is 44.9. The average Bonchev–Trinajstić information content (AvgIpc) is 3.03. The van der Waals surface area contributed by atoms with E-state index in [-0.39, 0.29) is 5.41 Å². The van der Waals surface area contributed by atoms with E-state index in [0.717, 1.165) is 36.0 Å². The van der Waals surface area contributed by atoms with Gasteiger partial charge in [-0.2, -0.15) is 0 Å². The fourth-order valence-corrected chi connectivity index (χ4v) is 8.51. The van der Waals surface area contributed by atoms with Gasteiger partial charge in [-0.1, -0.05) is 52.8 Å². The molecule has 0 heterocycles. The molecule has 4 aliphatic rings. The monoisotopic (exact) mass is 396 g/mol. The van der Waals surface area contributed by atoms with Crippen molar-refractivity contribution in [1.29, 1.82) is 0 Å². The lowest BCUT2D eigenvalue weighted by atomic mass is 9.45. The molecule has 0 spiro atoms. The molecule has 0 N–H and O–H groups in total. The Morgan fingerprint density at radius 1 is 1.10 bits per heavy atom. The molecule has 4 rings (SSSR count). The van der Waals surface area contributed by atoms with Gasteiger partial charge in [0, 0.05) is 6.42 Å². The Morgan fingerprint density at radius 2 is 1.86 bits per heavy atom. The molecule has 0 aliphatic heterocycles. The Balaban J connectivity index is 1.49. The van der Waals surface area contributed by atoms with Gasteiger partial charge in [0.2, 0.25) is 0 Å². The van der Waals surface area contributed by atoms with Gasteiger partial charge in [-0.3, -0.25) is 4.79 Å². The second kappa shape index (κ2) is 7.69. The fourth-order valence-electron chi connectivity index (χ4n) is 8.51. The minimum absolute atomic E-state index is 0.275. The molecule has 3 fully saturated rings. The molecule has 0 bridgehead atoms. The summed E-state index contributed by atoms with van der Waals surface area (Å²) in [6.07, 6.45) is 15.9. The largest absolute Gasteiger partial charge is 0.295 e. The summed E-state index contributed by atoms with van der Waals surface area (Å²) in [6, 6.07) is 0. The molecule has 0 aromatic heterocycles. The molecular formula is C28H44O. The number of rotatable bonds is 5. The van der Waals surface area contributed by atoms with Crippen LogP contribution >= 0.6 is 0 Å². The molecular weight excluding hydrogens is 352 g/mol. The lowest BCUT2D eigenvalue weighted by Crippen LogP contribution is -2.52. The van der Waals surface area contributed by atoms with Crippen molar-refractivity contribution in [3.63, 3.8) is 0 Å². The van der Waals surface area contributed by atoms with Gasteiger partial charge >= 0.3 is 0 Å². The highest BCUT2D eigenvalue weighted by Gasteiger charge is 2.59. The van der Waals surface area contributed by atoms with Crippen molar-refractivity contribution in [3.05, 3.63) is 24.3 Å². The van der Waals surface area contributed by atoms with Gasteiger partial charge in [0.1, 0.15) is 0 Å². The third kappa shape index (κ3) is 3.49. The van der Waals surface area contributed by atoms with Crippen LogP contribution in [0.3, 0.4) is 0 Å². The molecule has 0 aromatic carbocycles. The second-order valence-corrected chi connectivity index (χ2v) is 12.1. The van der Waals surface area contributed by atoms with E-state index in [1.165, 1.54) is 56.9 Å². The molecule has 0 aromatic rings. The standard InChI is InChI=1S/C28H44O/c1-18(2)19(3)7-8-20(4)24-11-12-25-23-10-9-21-17-22(29)13-15-27(21,5)26(23)14-16-28(24,25)6/h13,15,18,20-21,23-26H,3,7-12,14,16-17H2,1-2,4-6H3/t20?,21?,23-,24?,25?,26?,27-,28+/m0/s1. The topological polar surface area (TPSA) is 17.1 Å². The zero-order chi connectivity index (χ0) is 21.0. The summed E-state index contributed by atoms with van der Waals surface area (Å²) in [5.74, 6) is 5.89. The lowest BCUT2D eigenvalue weighted by molar-refractivity contribution is -0.122. The Hall–Kier alpha value is -0.850. The Morgan fingerprint density at radius 3 is 2.59 bits per heavy atom. The van der Waals surface area contributed by atoms with E-state index in [2.05, 4.69) is 47.3 Å². The average molecular weight is 397 g/mol. The maximum atomic E-state index is 12.0. The van der Waals surface area contributed by atoms with Gasteiger partial charge in [0.05, 0.1) is 0 Å². The summed E-state index contributed by atoms with van der Waals surface area (Å²) in [5.41, 5.74) is 2.25. The van der Waals surface area contributed by atoms with Crippen molar-refractivity contribution in [1.82, 2.24) is 0 Å².